The minimum atomic E-state index is 0.390. The molecule has 1 aromatic rings. The molecule has 0 bridgehead atoms. The van der Waals surface area contributed by atoms with Gasteiger partial charge in [0.05, 0.1) is 0 Å². The summed E-state index contributed by atoms with van der Waals surface area (Å²) < 4.78 is 0. The van der Waals surface area contributed by atoms with Gasteiger partial charge in [-0.3, -0.25) is 0 Å². The number of hydrogen-bond acceptors (Lipinski definition) is 4. The van der Waals surface area contributed by atoms with E-state index in [1.165, 1.54) is 6.33 Å². The summed E-state index contributed by atoms with van der Waals surface area (Å²) in [6.07, 6.45) is 3.47. The third-order valence-electron chi connectivity index (χ3n) is 2.35. The Labute approximate surface area is 113 Å². The number of anilines is 1. The maximum atomic E-state index is 6.10. The summed E-state index contributed by atoms with van der Waals surface area (Å²) in [5.74, 6) is 3.10. The number of thioether (sulfide) groups is 1. The van der Waals surface area contributed by atoms with Crippen molar-refractivity contribution in [2.75, 3.05) is 16.8 Å². The molecule has 0 fully saturated rings. The number of halogens is 1. The maximum Gasteiger partial charge on any atom is 0.137 e. The molecule has 1 atom stereocenters. The fraction of sp³-hybridized carbons (Fsp3) is 0.667. The quantitative estimate of drug-likeness (QED) is 0.770. The summed E-state index contributed by atoms with van der Waals surface area (Å²) in [6.45, 7) is 6.46. The molecule has 0 aliphatic heterocycles. The zero-order valence-electron chi connectivity index (χ0n) is 10.7. The maximum absolute atomic E-state index is 6.10. The van der Waals surface area contributed by atoms with E-state index in [0.717, 1.165) is 35.7 Å². The second-order valence-corrected chi connectivity index (χ2v) is 5.62. The van der Waals surface area contributed by atoms with Crippen LogP contribution in [-0.4, -0.2) is 27.5 Å². The van der Waals surface area contributed by atoms with Crippen molar-refractivity contribution in [3.8, 4) is 0 Å². The number of rotatable bonds is 7. The summed E-state index contributed by atoms with van der Waals surface area (Å²) in [5, 5.41) is 3.98. The van der Waals surface area contributed by atoms with Gasteiger partial charge in [0.25, 0.3) is 0 Å². The lowest BCUT2D eigenvalue weighted by molar-refractivity contribution is 0.862. The van der Waals surface area contributed by atoms with E-state index >= 15 is 0 Å². The first-order valence-corrected chi connectivity index (χ1v) is 7.55. The molecule has 0 aromatic carbocycles. The standard InChI is InChI=1S/C12H20ClN3S/c1-4-6-10-11(13)14-8-15-12(10)16-9(3)7-17-5-2/h8-9H,4-7H2,1-3H3,(H,14,15,16). The van der Waals surface area contributed by atoms with E-state index in [9.17, 15) is 0 Å². The van der Waals surface area contributed by atoms with Crippen molar-refractivity contribution in [1.29, 1.82) is 0 Å². The zero-order chi connectivity index (χ0) is 12.7. The molecule has 0 amide bonds. The number of aromatic nitrogens is 2. The van der Waals surface area contributed by atoms with Crippen LogP contribution in [0.5, 0.6) is 0 Å². The van der Waals surface area contributed by atoms with Crippen LogP contribution in [-0.2, 0) is 6.42 Å². The summed E-state index contributed by atoms with van der Waals surface area (Å²) >= 11 is 8.02. The van der Waals surface area contributed by atoms with Crippen molar-refractivity contribution < 1.29 is 0 Å². The molecule has 0 aliphatic rings. The summed E-state index contributed by atoms with van der Waals surface area (Å²) in [5.41, 5.74) is 1.03. The smallest absolute Gasteiger partial charge is 0.137 e. The van der Waals surface area contributed by atoms with Crippen LogP contribution < -0.4 is 5.32 Å². The fourth-order valence-corrected chi connectivity index (χ4v) is 2.46. The molecule has 0 saturated heterocycles. The highest BCUT2D eigenvalue weighted by Gasteiger charge is 2.11. The van der Waals surface area contributed by atoms with Crippen LogP contribution in [0.4, 0.5) is 5.82 Å². The van der Waals surface area contributed by atoms with Crippen molar-refractivity contribution in [1.82, 2.24) is 9.97 Å². The van der Waals surface area contributed by atoms with Crippen LogP contribution >= 0.6 is 23.4 Å². The molecule has 0 radical (unpaired) electrons. The lowest BCUT2D eigenvalue weighted by Crippen LogP contribution is -2.20. The number of nitrogens with one attached hydrogen (secondary N) is 1. The van der Waals surface area contributed by atoms with E-state index in [1.807, 2.05) is 11.8 Å². The monoisotopic (exact) mass is 273 g/mol. The van der Waals surface area contributed by atoms with Crippen LogP contribution in [0.1, 0.15) is 32.8 Å². The Kier molecular flexibility index (Phi) is 6.66. The molecule has 17 heavy (non-hydrogen) atoms. The Morgan fingerprint density at radius 2 is 2.18 bits per heavy atom. The van der Waals surface area contributed by atoms with Crippen LogP contribution in [0.3, 0.4) is 0 Å². The van der Waals surface area contributed by atoms with Gasteiger partial charge in [-0.2, -0.15) is 11.8 Å². The van der Waals surface area contributed by atoms with Crippen LogP contribution in [0.2, 0.25) is 5.15 Å². The van der Waals surface area contributed by atoms with E-state index < -0.39 is 0 Å². The van der Waals surface area contributed by atoms with Gasteiger partial charge in [0.1, 0.15) is 17.3 Å². The highest BCUT2D eigenvalue weighted by Crippen LogP contribution is 2.22. The molecule has 96 valence electrons. The third-order valence-corrected chi connectivity index (χ3v) is 3.82. The average molecular weight is 274 g/mol. The van der Waals surface area contributed by atoms with E-state index in [2.05, 4.69) is 36.1 Å². The van der Waals surface area contributed by atoms with Crippen LogP contribution in [0, 0.1) is 0 Å². The first kappa shape index (κ1) is 14.6. The molecular weight excluding hydrogens is 254 g/mol. The van der Waals surface area contributed by atoms with Crippen LogP contribution in [0.15, 0.2) is 6.33 Å². The SMILES string of the molecule is CCCc1c(Cl)ncnc1NC(C)CSCC. The minimum absolute atomic E-state index is 0.390. The highest BCUT2D eigenvalue weighted by molar-refractivity contribution is 7.99. The van der Waals surface area contributed by atoms with Gasteiger partial charge in [-0.05, 0) is 19.1 Å². The third kappa shape index (κ3) is 4.72. The lowest BCUT2D eigenvalue weighted by atomic mass is 10.2. The average Bonchev–Trinajstić information content (AvgIpc) is 2.31. The molecule has 1 aromatic heterocycles. The molecule has 1 unspecified atom stereocenters. The topological polar surface area (TPSA) is 37.8 Å². The molecule has 1 heterocycles. The summed E-state index contributed by atoms with van der Waals surface area (Å²) in [7, 11) is 0. The Morgan fingerprint density at radius 3 is 2.82 bits per heavy atom. The largest absolute Gasteiger partial charge is 0.366 e. The normalized spacial score (nSPS) is 12.5. The first-order chi connectivity index (χ1) is 8.19. The number of nitrogens with zero attached hydrogens (tertiary/aromatic N) is 2. The van der Waals surface area contributed by atoms with E-state index in [1.54, 1.807) is 0 Å². The van der Waals surface area contributed by atoms with Crippen molar-refractivity contribution in [3.05, 3.63) is 17.0 Å². The fourth-order valence-electron chi connectivity index (χ4n) is 1.56. The van der Waals surface area contributed by atoms with E-state index in [-0.39, 0.29) is 0 Å². The van der Waals surface area contributed by atoms with Gasteiger partial charge in [0, 0.05) is 17.4 Å². The Balaban J connectivity index is 2.72. The Hall–Kier alpha value is -0.480. The van der Waals surface area contributed by atoms with Crippen molar-refractivity contribution in [3.63, 3.8) is 0 Å². The number of hydrogen-bond donors (Lipinski definition) is 1. The predicted molar refractivity (Wildman–Crippen MR) is 77.1 cm³/mol. The van der Waals surface area contributed by atoms with E-state index in [0.29, 0.717) is 11.2 Å². The molecule has 1 N–H and O–H groups in total. The minimum Gasteiger partial charge on any atom is -0.366 e. The highest BCUT2D eigenvalue weighted by atomic mass is 35.5. The van der Waals surface area contributed by atoms with Gasteiger partial charge in [-0.25, -0.2) is 9.97 Å². The van der Waals surface area contributed by atoms with Gasteiger partial charge >= 0.3 is 0 Å². The summed E-state index contributed by atoms with van der Waals surface area (Å²) in [4.78, 5) is 8.33. The molecule has 3 nitrogen and oxygen atoms in total. The second kappa shape index (κ2) is 7.77. The molecule has 0 saturated carbocycles. The zero-order valence-corrected chi connectivity index (χ0v) is 12.2. The van der Waals surface area contributed by atoms with Crippen molar-refractivity contribution in [2.45, 2.75) is 39.7 Å². The molecule has 0 aliphatic carbocycles. The van der Waals surface area contributed by atoms with Gasteiger partial charge in [0.2, 0.25) is 0 Å². The molecular formula is C12H20ClN3S. The van der Waals surface area contributed by atoms with Gasteiger partial charge in [-0.15, -0.1) is 0 Å². The van der Waals surface area contributed by atoms with Gasteiger partial charge in [-0.1, -0.05) is 31.9 Å². The molecule has 5 heteroatoms. The summed E-state index contributed by atoms with van der Waals surface area (Å²) in [6, 6.07) is 0.390. The van der Waals surface area contributed by atoms with E-state index in [4.69, 9.17) is 11.6 Å². The lowest BCUT2D eigenvalue weighted by Gasteiger charge is -2.16. The van der Waals surface area contributed by atoms with Crippen molar-refractivity contribution in [2.24, 2.45) is 0 Å². The first-order valence-electron chi connectivity index (χ1n) is 6.02. The van der Waals surface area contributed by atoms with Gasteiger partial charge in [0.15, 0.2) is 0 Å². The Morgan fingerprint density at radius 1 is 1.41 bits per heavy atom. The van der Waals surface area contributed by atoms with Crippen molar-refractivity contribution >= 4 is 29.2 Å². The predicted octanol–water partition coefficient (Wildman–Crippen LogP) is 3.64. The molecule has 0 spiro atoms. The van der Waals surface area contributed by atoms with Gasteiger partial charge < -0.3 is 5.32 Å². The molecule has 1 rings (SSSR count). The second-order valence-electron chi connectivity index (χ2n) is 3.95. The Bertz CT molecular complexity index is 347. The van der Waals surface area contributed by atoms with Crippen LogP contribution in [0.25, 0.3) is 0 Å².